The molecule has 3 heterocycles. The minimum Gasteiger partial charge on any atom is -0.459 e. The van der Waals surface area contributed by atoms with Crippen LogP contribution in [0.4, 0.5) is 4.79 Å². The Balaban J connectivity index is 1.24. The second kappa shape index (κ2) is 8.44. The van der Waals surface area contributed by atoms with Crippen LogP contribution in [0.1, 0.15) is 37.1 Å². The zero-order valence-electron chi connectivity index (χ0n) is 16.1. The lowest BCUT2D eigenvalue weighted by Gasteiger charge is -2.32. The van der Waals surface area contributed by atoms with Gasteiger partial charge in [0.15, 0.2) is 0 Å². The highest BCUT2D eigenvalue weighted by molar-refractivity contribution is 5.78. The highest BCUT2D eigenvalue weighted by Gasteiger charge is 2.22. The smallest absolute Gasteiger partial charge is 0.315 e. The summed E-state index contributed by atoms with van der Waals surface area (Å²) >= 11 is 0. The summed E-state index contributed by atoms with van der Waals surface area (Å²) in [6, 6.07) is 13.8. The lowest BCUT2D eigenvalue weighted by Crippen LogP contribution is -2.48. The fourth-order valence-electron chi connectivity index (χ4n) is 3.69. The molecular formula is C22H26N4O2. The van der Waals surface area contributed by atoms with Gasteiger partial charge in [0.05, 0.1) is 6.04 Å². The van der Waals surface area contributed by atoms with Crippen molar-refractivity contribution < 1.29 is 9.21 Å². The van der Waals surface area contributed by atoms with Gasteiger partial charge in [0.25, 0.3) is 0 Å². The Morgan fingerprint density at radius 1 is 1.21 bits per heavy atom. The second-order valence-corrected chi connectivity index (χ2v) is 7.43. The maximum Gasteiger partial charge on any atom is 0.315 e. The third-order valence-electron chi connectivity index (χ3n) is 5.30. The number of piperidine rings is 1. The number of hydrogen-bond acceptors (Lipinski definition) is 4. The summed E-state index contributed by atoms with van der Waals surface area (Å²) in [5, 5.41) is 7.15. The molecule has 1 aliphatic rings. The molecule has 2 N–H and O–H groups in total. The second-order valence-electron chi connectivity index (χ2n) is 7.43. The molecule has 0 radical (unpaired) electrons. The third-order valence-corrected chi connectivity index (χ3v) is 5.30. The summed E-state index contributed by atoms with van der Waals surface area (Å²) in [4.78, 5) is 18.9. The van der Waals surface area contributed by atoms with Gasteiger partial charge in [0.2, 0.25) is 0 Å². The monoisotopic (exact) mass is 378 g/mol. The number of carbonyl (C=O) groups is 1. The van der Waals surface area contributed by atoms with Crippen molar-refractivity contribution in [2.75, 3.05) is 13.1 Å². The van der Waals surface area contributed by atoms with Crippen molar-refractivity contribution in [3.05, 3.63) is 66.2 Å². The Hall–Kier alpha value is -2.86. The Labute approximate surface area is 164 Å². The SMILES string of the molecule is C[C@H](NC(=O)NC1CCN(Cc2ccncc2)CC1)c1cc2ccccc2o1. The van der Waals surface area contributed by atoms with Crippen molar-refractivity contribution in [1.82, 2.24) is 20.5 Å². The molecule has 1 fully saturated rings. The zero-order valence-corrected chi connectivity index (χ0v) is 16.1. The van der Waals surface area contributed by atoms with Crippen LogP contribution < -0.4 is 10.6 Å². The topological polar surface area (TPSA) is 70.4 Å². The fourth-order valence-corrected chi connectivity index (χ4v) is 3.69. The van der Waals surface area contributed by atoms with E-state index in [0.717, 1.165) is 49.2 Å². The molecular weight excluding hydrogens is 352 g/mol. The van der Waals surface area contributed by atoms with Gasteiger partial charge in [-0.05, 0) is 49.6 Å². The molecule has 0 saturated carbocycles. The molecule has 0 spiro atoms. The molecule has 1 aromatic carbocycles. The van der Waals surface area contributed by atoms with Crippen LogP contribution in [-0.4, -0.2) is 35.0 Å². The summed E-state index contributed by atoms with van der Waals surface area (Å²) in [5.74, 6) is 0.767. The zero-order chi connectivity index (χ0) is 19.3. The molecule has 2 amide bonds. The number of furan rings is 1. The number of benzene rings is 1. The van der Waals surface area contributed by atoms with Crippen LogP contribution in [0.25, 0.3) is 11.0 Å². The number of hydrogen-bond donors (Lipinski definition) is 2. The van der Waals surface area contributed by atoms with Gasteiger partial charge in [-0.3, -0.25) is 9.88 Å². The van der Waals surface area contributed by atoms with Gasteiger partial charge in [-0.1, -0.05) is 18.2 Å². The van der Waals surface area contributed by atoms with Crippen molar-refractivity contribution >= 4 is 17.0 Å². The van der Waals surface area contributed by atoms with Crippen LogP contribution in [0.5, 0.6) is 0 Å². The first-order chi connectivity index (χ1) is 13.7. The first-order valence-corrected chi connectivity index (χ1v) is 9.84. The average Bonchev–Trinajstić information content (AvgIpc) is 3.15. The first kappa shape index (κ1) is 18.5. The van der Waals surface area contributed by atoms with Gasteiger partial charge >= 0.3 is 6.03 Å². The van der Waals surface area contributed by atoms with E-state index >= 15 is 0 Å². The quantitative estimate of drug-likeness (QED) is 0.707. The van der Waals surface area contributed by atoms with Gasteiger partial charge in [-0.15, -0.1) is 0 Å². The molecule has 3 aromatic rings. The van der Waals surface area contributed by atoms with Crippen LogP contribution in [0.3, 0.4) is 0 Å². The van der Waals surface area contributed by atoms with Gasteiger partial charge in [0, 0.05) is 43.5 Å². The van der Waals surface area contributed by atoms with Crippen LogP contribution in [-0.2, 0) is 6.54 Å². The van der Waals surface area contributed by atoms with Crippen molar-refractivity contribution in [2.24, 2.45) is 0 Å². The minimum atomic E-state index is -0.181. The van der Waals surface area contributed by atoms with Crippen LogP contribution in [0, 0.1) is 0 Å². The van der Waals surface area contributed by atoms with Gasteiger partial charge < -0.3 is 15.1 Å². The fraction of sp³-hybridized carbons (Fsp3) is 0.364. The predicted octanol–water partition coefficient (Wildman–Crippen LogP) is 3.85. The summed E-state index contributed by atoms with van der Waals surface area (Å²) in [6.45, 7) is 4.83. The van der Waals surface area contributed by atoms with Crippen molar-refractivity contribution in [2.45, 2.75) is 38.4 Å². The number of aromatic nitrogens is 1. The lowest BCUT2D eigenvalue weighted by atomic mass is 10.0. The largest absolute Gasteiger partial charge is 0.459 e. The van der Waals surface area contributed by atoms with E-state index in [9.17, 15) is 4.79 Å². The molecule has 0 bridgehead atoms. The van der Waals surface area contributed by atoms with E-state index in [4.69, 9.17) is 4.42 Å². The predicted molar refractivity (Wildman–Crippen MR) is 109 cm³/mol. The van der Waals surface area contributed by atoms with E-state index in [1.165, 1.54) is 5.56 Å². The first-order valence-electron chi connectivity index (χ1n) is 9.84. The molecule has 2 aromatic heterocycles. The van der Waals surface area contributed by atoms with E-state index in [1.807, 2.05) is 49.6 Å². The minimum absolute atomic E-state index is 0.138. The number of pyridine rings is 1. The number of nitrogens with one attached hydrogen (secondary N) is 2. The highest BCUT2D eigenvalue weighted by atomic mass is 16.3. The Bertz CT molecular complexity index is 883. The molecule has 1 aliphatic heterocycles. The molecule has 0 aliphatic carbocycles. The normalized spacial score (nSPS) is 16.8. The summed E-state index contributed by atoms with van der Waals surface area (Å²) in [6.07, 6.45) is 5.57. The number of amides is 2. The molecule has 6 heteroatoms. The van der Waals surface area contributed by atoms with E-state index in [2.05, 4.69) is 32.7 Å². The number of carbonyl (C=O) groups excluding carboxylic acids is 1. The molecule has 1 atom stereocenters. The molecule has 28 heavy (non-hydrogen) atoms. The number of likely N-dealkylation sites (tertiary alicyclic amines) is 1. The molecule has 146 valence electrons. The van der Waals surface area contributed by atoms with Crippen molar-refractivity contribution in [3.63, 3.8) is 0 Å². The summed E-state index contributed by atoms with van der Waals surface area (Å²) < 4.78 is 5.84. The van der Waals surface area contributed by atoms with Crippen LogP contribution >= 0.6 is 0 Å². The van der Waals surface area contributed by atoms with Crippen LogP contribution in [0.2, 0.25) is 0 Å². The summed E-state index contributed by atoms with van der Waals surface area (Å²) in [7, 11) is 0. The highest BCUT2D eigenvalue weighted by Crippen LogP contribution is 2.23. The third kappa shape index (κ3) is 4.51. The molecule has 6 nitrogen and oxygen atoms in total. The van der Waals surface area contributed by atoms with Crippen LogP contribution in [0.15, 0.2) is 59.3 Å². The Morgan fingerprint density at radius 3 is 2.71 bits per heavy atom. The van der Waals surface area contributed by atoms with Gasteiger partial charge in [-0.25, -0.2) is 4.79 Å². The Morgan fingerprint density at radius 2 is 1.96 bits per heavy atom. The molecule has 1 saturated heterocycles. The number of nitrogens with zero attached hydrogens (tertiary/aromatic N) is 2. The Kier molecular flexibility index (Phi) is 5.58. The van der Waals surface area contributed by atoms with Gasteiger partial charge in [0.1, 0.15) is 11.3 Å². The number of rotatable bonds is 5. The summed E-state index contributed by atoms with van der Waals surface area (Å²) in [5.41, 5.74) is 2.12. The van der Waals surface area contributed by atoms with Crippen molar-refractivity contribution in [3.8, 4) is 0 Å². The number of fused-ring (bicyclic) bond motifs is 1. The van der Waals surface area contributed by atoms with E-state index in [1.54, 1.807) is 0 Å². The van der Waals surface area contributed by atoms with E-state index < -0.39 is 0 Å². The molecule has 0 unspecified atom stereocenters. The van der Waals surface area contributed by atoms with E-state index in [-0.39, 0.29) is 18.1 Å². The van der Waals surface area contributed by atoms with Crippen molar-refractivity contribution in [1.29, 1.82) is 0 Å². The maximum absolute atomic E-state index is 12.4. The number of urea groups is 1. The number of para-hydroxylation sites is 1. The van der Waals surface area contributed by atoms with Gasteiger partial charge in [-0.2, -0.15) is 0 Å². The lowest BCUT2D eigenvalue weighted by molar-refractivity contribution is 0.185. The van der Waals surface area contributed by atoms with E-state index in [0.29, 0.717) is 0 Å². The maximum atomic E-state index is 12.4. The molecule has 4 rings (SSSR count). The standard InChI is InChI=1S/C22H26N4O2/c1-16(21-14-18-4-2-3-5-20(18)28-21)24-22(27)25-19-8-12-26(13-9-19)15-17-6-10-23-11-7-17/h2-7,10-11,14,16,19H,8-9,12-13,15H2,1H3,(H2,24,25,27)/t16-/m0/s1. The average molecular weight is 378 g/mol.